The maximum Gasteiger partial charge on any atom is 0.335 e. The maximum absolute atomic E-state index is 13.1. The van der Waals surface area contributed by atoms with Gasteiger partial charge in [0.1, 0.15) is 5.82 Å². The third-order valence-electron chi connectivity index (χ3n) is 5.90. The highest BCUT2D eigenvalue weighted by atomic mass is 32.2. The monoisotopic (exact) mass is 438 g/mol. The summed E-state index contributed by atoms with van der Waals surface area (Å²) in [5.41, 5.74) is 0. The van der Waals surface area contributed by atoms with Gasteiger partial charge in [0.25, 0.3) is 0 Å². The topological polar surface area (TPSA) is 98.3 Å². The Morgan fingerprint density at radius 1 is 0.900 bits per heavy atom. The minimum absolute atomic E-state index is 0.0139. The largest absolute Gasteiger partial charge is 0.335 e. The van der Waals surface area contributed by atoms with Crippen LogP contribution in [0, 0.1) is 5.82 Å². The van der Waals surface area contributed by atoms with E-state index in [4.69, 9.17) is 0 Å². The molecule has 3 fully saturated rings. The quantitative estimate of drug-likeness (QED) is 0.499. The third kappa shape index (κ3) is 3.72. The molecule has 1 aromatic rings. The van der Waals surface area contributed by atoms with E-state index >= 15 is 0 Å². The Hall–Kier alpha value is -2.37. The number of carbonyl (C=O) groups is 3. The van der Waals surface area contributed by atoms with E-state index in [1.54, 1.807) is 4.90 Å². The fourth-order valence-electron chi connectivity index (χ4n) is 4.20. The number of rotatable bonds is 5. The molecule has 162 valence electrons. The summed E-state index contributed by atoms with van der Waals surface area (Å²) in [5.74, 6) is -2.11. The average Bonchev–Trinajstić information content (AvgIpc) is 3.32. The Bertz CT molecular complexity index is 954. The smallest absolute Gasteiger partial charge is 0.283 e. The molecule has 0 unspecified atom stereocenters. The minimum atomic E-state index is -3.75. The molecule has 30 heavy (non-hydrogen) atoms. The zero-order chi connectivity index (χ0) is 21.5. The van der Waals surface area contributed by atoms with Crippen molar-refractivity contribution in [1.29, 1.82) is 0 Å². The van der Waals surface area contributed by atoms with Crippen LogP contribution in [0.25, 0.3) is 0 Å². The summed E-state index contributed by atoms with van der Waals surface area (Å²) >= 11 is 0. The van der Waals surface area contributed by atoms with Crippen molar-refractivity contribution in [1.82, 2.24) is 19.0 Å². The summed E-state index contributed by atoms with van der Waals surface area (Å²) < 4.78 is 39.8. The number of imide groups is 2. The van der Waals surface area contributed by atoms with E-state index in [0.29, 0.717) is 13.1 Å². The zero-order valence-electron chi connectivity index (χ0n) is 16.4. The van der Waals surface area contributed by atoms with Gasteiger partial charge in [0.2, 0.25) is 10.0 Å². The van der Waals surface area contributed by atoms with Crippen LogP contribution in [0.4, 0.5) is 9.18 Å². The Kier molecular flexibility index (Phi) is 5.60. The standard InChI is InChI=1S/C19H23FN4O5S/c20-14-5-7-16(8-6-14)30(28,29)22-11-9-21(10-12-22)13-23-17(25)18(26)24(19(23)27)15-3-1-2-4-15/h5-8,15H,1-4,9-13H2. The van der Waals surface area contributed by atoms with Crippen LogP contribution in [-0.2, 0) is 19.6 Å². The van der Waals surface area contributed by atoms with Gasteiger partial charge in [0, 0.05) is 32.2 Å². The number of halogens is 1. The first-order valence-corrected chi connectivity index (χ1v) is 11.4. The number of benzene rings is 1. The van der Waals surface area contributed by atoms with Gasteiger partial charge < -0.3 is 0 Å². The molecule has 2 saturated heterocycles. The Balaban J connectivity index is 1.38. The van der Waals surface area contributed by atoms with Gasteiger partial charge in [-0.1, -0.05) is 12.8 Å². The first-order valence-electron chi connectivity index (χ1n) is 9.96. The van der Waals surface area contributed by atoms with Crippen LogP contribution in [0.2, 0.25) is 0 Å². The number of sulfonamides is 1. The van der Waals surface area contributed by atoms with Gasteiger partial charge in [-0.3, -0.25) is 19.4 Å². The molecule has 0 bridgehead atoms. The zero-order valence-corrected chi connectivity index (χ0v) is 17.2. The van der Waals surface area contributed by atoms with Crippen LogP contribution in [0.1, 0.15) is 25.7 Å². The van der Waals surface area contributed by atoms with E-state index in [0.717, 1.165) is 47.6 Å². The van der Waals surface area contributed by atoms with Crippen LogP contribution in [0.3, 0.4) is 0 Å². The Morgan fingerprint density at radius 3 is 2.10 bits per heavy atom. The minimum Gasteiger partial charge on any atom is -0.283 e. The second kappa shape index (κ2) is 8.05. The number of amides is 4. The molecule has 0 N–H and O–H groups in total. The Morgan fingerprint density at radius 2 is 1.50 bits per heavy atom. The average molecular weight is 438 g/mol. The van der Waals surface area contributed by atoms with E-state index in [-0.39, 0.29) is 30.7 Å². The predicted octanol–water partition coefficient (Wildman–Crippen LogP) is 0.823. The fourth-order valence-corrected chi connectivity index (χ4v) is 5.62. The molecule has 2 aliphatic heterocycles. The van der Waals surface area contributed by atoms with Gasteiger partial charge >= 0.3 is 17.8 Å². The maximum atomic E-state index is 13.1. The number of carbonyl (C=O) groups excluding carboxylic acids is 3. The number of urea groups is 1. The summed E-state index contributed by atoms with van der Waals surface area (Å²) in [5, 5.41) is 0. The highest BCUT2D eigenvalue weighted by Crippen LogP contribution is 2.28. The van der Waals surface area contributed by atoms with Gasteiger partial charge in [-0.15, -0.1) is 0 Å². The summed E-state index contributed by atoms with van der Waals surface area (Å²) in [7, 11) is -3.75. The summed E-state index contributed by atoms with van der Waals surface area (Å²) in [4.78, 5) is 41.1. The van der Waals surface area contributed by atoms with Gasteiger partial charge in [-0.2, -0.15) is 4.31 Å². The second-order valence-corrected chi connectivity index (χ2v) is 9.68. The van der Waals surface area contributed by atoms with Crippen molar-refractivity contribution in [2.24, 2.45) is 0 Å². The molecule has 4 rings (SSSR count). The SMILES string of the molecule is O=C1C(=O)N(C2CCCC2)C(=O)N1CN1CCN(S(=O)(=O)c2ccc(F)cc2)CC1. The van der Waals surface area contributed by atoms with Gasteiger partial charge in [0.15, 0.2) is 0 Å². The summed E-state index contributed by atoms with van der Waals surface area (Å²) in [6.07, 6.45) is 3.30. The molecular formula is C19H23FN4O5S. The van der Waals surface area contributed by atoms with Gasteiger partial charge in [-0.05, 0) is 37.1 Å². The van der Waals surface area contributed by atoms with Crippen molar-refractivity contribution in [3.8, 4) is 0 Å². The molecule has 2 heterocycles. The predicted molar refractivity (Wildman–Crippen MR) is 103 cm³/mol. The molecule has 1 saturated carbocycles. The van der Waals surface area contributed by atoms with Crippen LogP contribution >= 0.6 is 0 Å². The van der Waals surface area contributed by atoms with E-state index in [2.05, 4.69) is 0 Å². The first-order chi connectivity index (χ1) is 14.3. The van der Waals surface area contributed by atoms with Crippen molar-refractivity contribution in [2.45, 2.75) is 36.6 Å². The third-order valence-corrected chi connectivity index (χ3v) is 7.81. The van der Waals surface area contributed by atoms with Crippen molar-refractivity contribution in [3.05, 3.63) is 30.1 Å². The van der Waals surface area contributed by atoms with Gasteiger partial charge in [-0.25, -0.2) is 22.5 Å². The van der Waals surface area contributed by atoms with Crippen LogP contribution < -0.4 is 0 Å². The van der Waals surface area contributed by atoms with Crippen molar-refractivity contribution >= 4 is 27.9 Å². The molecule has 3 aliphatic rings. The molecule has 0 atom stereocenters. The molecular weight excluding hydrogens is 415 g/mol. The van der Waals surface area contributed by atoms with Crippen molar-refractivity contribution in [3.63, 3.8) is 0 Å². The molecule has 4 amide bonds. The summed E-state index contributed by atoms with van der Waals surface area (Å²) in [6.45, 7) is 0.883. The lowest BCUT2D eigenvalue weighted by Gasteiger charge is -2.35. The fraction of sp³-hybridized carbons (Fsp3) is 0.526. The molecule has 0 aromatic heterocycles. The highest BCUT2D eigenvalue weighted by Gasteiger charge is 2.48. The molecule has 0 spiro atoms. The molecule has 11 heteroatoms. The van der Waals surface area contributed by atoms with Crippen molar-refractivity contribution < 1.29 is 27.2 Å². The highest BCUT2D eigenvalue weighted by molar-refractivity contribution is 7.89. The van der Waals surface area contributed by atoms with Crippen LogP contribution in [-0.4, -0.2) is 84.2 Å². The number of piperazine rings is 1. The van der Waals surface area contributed by atoms with E-state index in [1.807, 2.05) is 0 Å². The lowest BCUT2D eigenvalue weighted by atomic mass is 10.2. The van der Waals surface area contributed by atoms with E-state index in [9.17, 15) is 27.2 Å². The number of hydrogen-bond donors (Lipinski definition) is 0. The van der Waals surface area contributed by atoms with Crippen LogP contribution in [0.15, 0.2) is 29.2 Å². The molecule has 9 nitrogen and oxygen atoms in total. The first kappa shape index (κ1) is 20.9. The molecule has 1 aliphatic carbocycles. The van der Waals surface area contributed by atoms with E-state index < -0.39 is 33.7 Å². The Labute approximate surface area is 174 Å². The molecule has 0 radical (unpaired) electrons. The van der Waals surface area contributed by atoms with Gasteiger partial charge in [0.05, 0.1) is 11.6 Å². The normalized spacial score (nSPS) is 22.5. The van der Waals surface area contributed by atoms with E-state index in [1.165, 1.54) is 16.4 Å². The van der Waals surface area contributed by atoms with Crippen LogP contribution in [0.5, 0.6) is 0 Å². The summed E-state index contributed by atoms with van der Waals surface area (Å²) in [6, 6.07) is 3.85. The molecule has 1 aromatic carbocycles. The second-order valence-electron chi connectivity index (χ2n) is 7.75. The van der Waals surface area contributed by atoms with Crippen molar-refractivity contribution in [2.75, 3.05) is 32.8 Å². The number of nitrogens with zero attached hydrogens (tertiary/aromatic N) is 4. The lowest BCUT2D eigenvalue weighted by Crippen LogP contribution is -2.52. The lowest BCUT2D eigenvalue weighted by molar-refractivity contribution is -0.144. The number of hydrogen-bond acceptors (Lipinski definition) is 6.